The molecule has 5 nitrogen and oxygen atoms in total. The number of amides is 1. The van der Waals surface area contributed by atoms with Crippen molar-refractivity contribution in [3.05, 3.63) is 21.9 Å². The Balaban J connectivity index is 1.91. The molecule has 0 spiro atoms. The molecular formula is C15H24N4OS. The Morgan fingerprint density at radius 3 is 3.05 bits per heavy atom. The maximum Gasteiger partial charge on any atom is 0.244 e. The predicted molar refractivity (Wildman–Crippen MR) is 87.7 cm³/mol. The minimum absolute atomic E-state index is 0.0906. The number of aliphatic imine (C=N–C) groups is 1. The van der Waals surface area contributed by atoms with Gasteiger partial charge in [-0.2, -0.15) is 0 Å². The van der Waals surface area contributed by atoms with Crippen molar-refractivity contribution in [1.82, 2.24) is 15.5 Å². The fraction of sp³-hybridized carbons (Fsp3) is 0.600. The van der Waals surface area contributed by atoms with Crippen LogP contribution in [-0.2, 0) is 17.8 Å². The molecule has 1 aliphatic rings. The van der Waals surface area contributed by atoms with Crippen LogP contribution >= 0.6 is 11.3 Å². The average molecular weight is 308 g/mol. The van der Waals surface area contributed by atoms with E-state index in [1.807, 2.05) is 11.8 Å². The molecule has 1 amide bonds. The second-order valence-electron chi connectivity index (χ2n) is 5.43. The normalized spacial score (nSPS) is 15.0. The number of carbonyl (C=O) groups is 1. The molecule has 0 saturated carbocycles. The summed E-state index contributed by atoms with van der Waals surface area (Å²) in [6.07, 6.45) is 0.965. The van der Waals surface area contributed by atoms with Gasteiger partial charge in [-0.3, -0.25) is 4.79 Å². The van der Waals surface area contributed by atoms with E-state index in [0.29, 0.717) is 12.0 Å². The quantitative estimate of drug-likeness (QED) is 0.656. The van der Waals surface area contributed by atoms with Gasteiger partial charge in [0.15, 0.2) is 5.96 Å². The number of thiophene rings is 1. The lowest BCUT2D eigenvalue weighted by Crippen LogP contribution is -2.42. The molecule has 1 aliphatic heterocycles. The summed E-state index contributed by atoms with van der Waals surface area (Å²) in [5.41, 5.74) is 1.29. The standard InChI is InChI=1S/C15H24N4OS/c1-4-16-15(18-11(2)3)17-9-14(20)19-7-5-13-12(10-19)6-8-21-13/h6,8,11H,4-5,7,9-10H2,1-3H3,(H2,16,17,18). The number of nitrogens with zero attached hydrogens (tertiary/aromatic N) is 2. The summed E-state index contributed by atoms with van der Waals surface area (Å²) in [6.45, 7) is 8.63. The van der Waals surface area contributed by atoms with E-state index in [1.165, 1.54) is 10.4 Å². The molecule has 2 heterocycles. The zero-order valence-corrected chi connectivity index (χ0v) is 13.8. The van der Waals surface area contributed by atoms with Crippen molar-refractivity contribution >= 4 is 23.2 Å². The molecule has 1 aromatic rings. The lowest BCUT2D eigenvalue weighted by Gasteiger charge is -2.26. The Labute approximate surface area is 130 Å². The predicted octanol–water partition coefficient (Wildman–Crippen LogP) is 1.60. The molecule has 0 fully saturated rings. The Kier molecular flexibility index (Phi) is 5.61. The van der Waals surface area contributed by atoms with Crippen LogP contribution in [0.25, 0.3) is 0 Å². The Morgan fingerprint density at radius 2 is 2.33 bits per heavy atom. The summed E-state index contributed by atoms with van der Waals surface area (Å²) >= 11 is 1.79. The van der Waals surface area contributed by atoms with Gasteiger partial charge in [-0.25, -0.2) is 4.99 Å². The molecule has 0 aliphatic carbocycles. The van der Waals surface area contributed by atoms with Crippen molar-refractivity contribution in [1.29, 1.82) is 0 Å². The average Bonchev–Trinajstić information content (AvgIpc) is 2.91. The van der Waals surface area contributed by atoms with E-state index in [4.69, 9.17) is 0 Å². The second kappa shape index (κ2) is 7.45. The van der Waals surface area contributed by atoms with Gasteiger partial charge in [0.25, 0.3) is 0 Å². The number of guanidine groups is 1. The van der Waals surface area contributed by atoms with Crippen LogP contribution in [0.1, 0.15) is 31.2 Å². The lowest BCUT2D eigenvalue weighted by molar-refractivity contribution is -0.130. The summed E-state index contributed by atoms with van der Waals surface area (Å²) in [7, 11) is 0. The van der Waals surface area contributed by atoms with Crippen LogP contribution in [0, 0.1) is 0 Å². The van der Waals surface area contributed by atoms with Gasteiger partial charge in [0, 0.05) is 30.6 Å². The number of rotatable bonds is 4. The van der Waals surface area contributed by atoms with Crippen LogP contribution in [0.3, 0.4) is 0 Å². The zero-order chi connectivity index (χ0) is 15.2. The van der Waals surface area contributed by atoms with Crippen molar-refractivity contribution in [2.75, 3.05) is 19.6 Å². The van der Waals surface area contributed by atoms with Gasteiger partial charge >= 0.3 is 0 Å². The highest BCUT2D eigenvalue weighted by atomic mass is 32.1. The van der Waals surface area contributed by atoms with E-state index in [9.17, 15) is 4.79 Å². The van der Waals surface area contributed by atoms with Crippen molar-refractivity contribution in [2.24, 2.45) is 4.99 Å². The first-order valence-electron chi connectivity index (χ1n) is 7.48. The van der Waals surface area contributed by atoms with Crippen molar-refractivity contribution < 1.29 is 4.79 Å². The third-order valence-electron chi connectivity index (χ3n) is 3.30. The number of carbonyl (C=O) groups excluding carboxylic acids is 1. The van der Waals surface area contributed by atoms with E-state index in [-0.39, 0.29) is 12.5 Å². The molecule has 2 rings (SSSR count). The molecule has 0 radical (unpaired) electrons. The Hall–Kier alpha value is -1.56. The lowest BCUT2D eigenvalue weighted by atomic mass is 10.1. The maximum absolute atomic E-state index is 12.3. The number of hydrogen-bond acceptors (Lipinski definition) is 3. The largest absolute Gasteiger partial charge is 0.357 e. The summed E-state index contributed by atoms with van der Waals surface area (Å²) in [5, 5.41) is 8.48. The number of fused-ring (bicyclic) bond motifs is 1. The van der Waals surface area contributed by atoms with Crippen molar-refractivity contribution in [3.8, 4) is 0 Å². The third kappa shape index (κ3) is 4.46. The molecule has 21 heavy (non-hydrogen) atoms. The minimum atomic E-state index is 0.0906. The highest BCUT2D eigenvalue weighted by Gasteiger charge is 2.21. The molecule has 116 valence electrons. The summed E-state index contributed by atoms with van der Waals surface area (Å²) < 4.78 is 0. The van der Waals surface area contributed by atoms with E-state index >= 15 is 0 Å². The van der Waals surface area contributed by atoms with E-state index in [1.54, 1.807) is 11.3 Å². The molecule has 0 atom stereocenters. The highest BCUT2D eigenvalue weighted by molar-refractivity contribution is 7.10. The number of hydrogen-bond donors (Lipinski definition) is 2. The topological polar surface area (TPSA) is 56.7 Å². The van der Waals surface area contributed by atoms with Gasteiger partial charge in [-0.1, -0.05) is 0 Å². The van der Waals surface area contributed by atoms with Crippen LogP contribution in [0.15, 0.2) is 16.4 Å². The van der Waals surface area contributed by atoms with E-state index in [0.717, 1.165) is 26.1 Å². The fourth-order valence-electron chi connectivity index (χ4n) is 2.30. The van der Waals surface area contributed by atoms with Crippen molar-refractivity contribution in [2.45, 2.75) is 39.8 Å². The molecule has 6 heteroatoms. The first-order chi connectivity index (χ1) is 10.1. The van der Waals surface area contributed by atoms with Crippen molar-refractivity contribution in [3.63, 3.8) is 0 Å². The molecule has 0 saturated heterocycles. The van der Waals surface area contributed by atoms with Crippen LogP contribution in [-0.4, -0.2) is 42.4 Å². The van der Waals surface area contributed by atoms with E-state index in [2.05, 4.69) is 40.9 Å². The molecule has 0 bridgehead atoms. The van der Waals surface area contributed by atoms with Gasteiger partial charge < -0.3 is 15.5 Å². The molecule has 2 N–H and O–H groups in total. The second-order valence-corrected chi connectivity index (χ2v) is 6.43. The third-order valence-corrected chi connectivity index (χ3v) is 4.33. The monoisotopic (exact) mass is 308 g/mol. The minimum Gasteiger partial charge on any atom is -0.357 e. The summed E-state index contributed by atoms with van der Waals surface area (Å²) in [5.74, 6) is 0.793. The summed E-state index contributed by atoms with van der Waals surface area (Å²) in [6, 6.07) is 2.41. The smallest absolute Gasteiger partial charge is 0.244 e. The SMILES string of the molecule is CCNC(=NCC(=O)N1CCc2sccc2C1)NC(C)C. The van der Waals surface area contributed by atoms with Crippen LogP contribution in [0.2, 0.25) is 0 Å². The fourth-order valence-corrected chi connectivity index (χ4v) is 3.19. The van der Waals surface area contributed by atoms with Gasteiger partial charge in [-0.15, -0.1) is 11.3 Å². The Morgan fingerprint density at radius 1 is 1.52 bits per heavy atom. The molecular weight excluding hydrogens is 284 g/mol. The van der Waals surface area contributed by atoms with Gasteiger partial charge in [0.1, 0.15) is 6.54 Å². The van der Waals surface area contributed by atoms with Gasteiger partial charge in [0.05, 0.1) is 0 Å². The molecule has 0 unspecified atom stereocenters. The first kappa shape index (κ1) is 15.8. The first-order valence-corrected chi connectivity index (χ1v) is 8.36. The molecule has 0 aromatic carbocycles. The van der Waals surface area contributed by atoms with E-state index < -0.39 is 0 Å². The molecule has 1 aromatic heterocycles. The van der Waals surface area contributed by atoms with Crippen LogP contribution in [0.4, 0.5) is 0 Å². The Bertz CT molecular complexity index is 510. The summed E-state index contributed by atoms with van der Waals surface area (Å²) in [4.78, 5) is 20.0. The highest BCUT2D eigenvalue weighted by Crippen LogP contribution is 2.23. The van der Waals surface area contributed by atoms with Gasteiger partial charge in [0.2, 0.25) is 5.91 Å². The maximum atomic E-state index is 12.3. The van der Waals surface area contributed by atoms with Crippen LogP contribution in [0.5, 0.6) is 0 Å². The number of nitrogens with one attached hydrogen (secondary N) is 2. The zero-order valence-electron chi connectivity index (χ0n) is 13.0. The van der Waals surface area contributed by atoms with Gasteiger partial charge in [-0.05, 0) is 44.2 Å². The van der Waals surface area contributed by atoms with Crippen LogP contribution < -0.4 is 10.6 Å².